The van der Waals surface area contributed by atoms with Crippen LogP contribution in [0, 0.1) is 5.82 Å². The molecule has 0 spiro atoms. The molecule has 3 rings (SSSR count). The van der Waals surface area contributed by atoms with Crippen LogP contribution in [0.15, 0.2) is 48.9 Å². The summed E-state index contributed by atoms with van der Waals surface area (Å²) in [6, 6.07) is 8.47. The van der Waals surface area contributed by atoms with E-state index in [1.807, 2.05) is 6.07 Å². The molecule has 8 nitrogen and oxygen atoms in total. The Labute approximate surface area is 197 Å². The number of nitrogens with zero attached hydrogens (tertiary/aromatic N) is 4. The molecule has 0 amide bonds. The molecule has 3 N–H and O–H groups in total. The van der Waals surface area contributed by atoms with Gasteiger partial charge in [0.1, 0.15) is 17.5 Å². The lowest BCUT2D eigenvalue weighted by Gasteiger charge is -2.14. The third-order valence-corrected chi connectivity index (χ3v) is 4.18. The first-order chi connectivity index (χ1) is 14.5. The Bertz CT molecular complexity index is 960. The number of nitrogens with one attached hydrogen (secondary N) is 1. The Hall–Kier alpha value is -2.82. The van der Waals surface area contributed by atoms with Gasteiger partial charge in [-0.15, -0.1) is 12.4 Å². The van der Waals surface area contributed by atoms with Crippen LogP contribution in [0.25, 0.3) is 0 Å². The Morgan fingerprint density at radius 3 is 2.41 bits per heavy atom. The maximum atomic E-state index is 13.2. The van der Waals surface area contributed by atoms with Crippen molar-refractivity contribution in [1.29, 1.82) is 0 Å². The van der Waals surface area contributed by atoms with Gasteiger partial charge in [-0.05, 0) is 23.6 Å². The van der Waals surface area contributed by atoms with E-state index in [0.29, 0.717) is 25.9 Å². The quantitative estimate of drug-likeness (QED) is 0.502. The standard InChI is InChI=1S/C20H23FN6.CH4.ClH.O2S/c1-14(15-2-4-16(21)5-3-15)10-20-26-17(11-18-13-23-8-9-24-18)12-19(27-20)25-7-6-22;;;1-3-2/h2-5,8-9,12-14H,6-7,10-11,22H2,1H3,(H,25,26,27);1H4;1H;/t14-;;;/m1.../s1. The SMILES string of the molecule is C.C[C@H](Cc1nc(Cc2cnccn2)cc(NCCN)n1)c1ccc(F)cc1.Cl.O=S=O. The highest BCUT2D eigenvalue weighted by Crippen LogP contribution is 2.20. The van der Waals surface area contributed by atoms with Gasteiger partial charge in [-0.2, -0.15) is 8.42 Å². The third-order valence-electron chi connectivity index (χ3n) is 4.18. The number of rotatable bonds is 8. The van der Waals surface area contributed by atoms with E-state index in [9.17, 15) is 4.39 Å². The molecular formula is C21H28ClFN6O2S. The van der Waals surface area contributed by atoms with E-state index in [-0.39, 0.29) is 31.6 Å². The van der Waals surface area contributed by atoms with Crippen molar-refractivity contribution < 1.29 is 12.8 Å². The van der Waals surface area contributed by atoms with Gasteiger partial charge in [0.2, 0.25) is 0 Å². The molecule has 0 bridgehead atoms. The van der Waals surface area contributed by atoms with Crippen molar-refractivity contribution >= 4 is 29.8 Å². The molecule has 0 unspecified atom stereocenters. The zero-order chi connectivity index (χ0) is 21.8. The number of halogens is 2. The average Bonchev–Trinajstić information content (AvgIpc) is 2.74. The first-order valence-corrected chi connectivity index (χ1v) is 9.95. The van der Waals surface area contributed by atoms with Gasteiger partial charge < -0.3 is 11.1 Å². The van der Waals surface area contributed by atoms with E-state index in [1.165, 1.54) is 12.1 Å². The number of anilines is 1. The summed E-state index contributed by atoms with van der Waals surface area (Å²) in [4.78, 5) is 17.7. The van der Waals surface area contributed by atoms with E-state index in [0.717, 1.165) is 28.6 Å². The largest absolute Gasteiger partial charge is 0.369 e. The summed E-state index contributed by atoms with van der Waals surface area (Å²) in [7, 11) is 0. The normalized spacial score (nSPS) is 10.5. The monoisotopic (exact) mass is 482 g/mol. The molecule has 0 saturated heterocycles. The topological polar surface area (TPSA) is 124 Å². The molecule has 1 aromatic carbocycles. The van der Waals surface area contributed by atoms with Gasteiger partial charge in [0.15, 0.2) is 0 Å². The highest BCUT2D eigenvalue weighted by Gasteiger charge is 2.12. The predicted molar refractivity (Wildman–Crippen MR) is 126 cm³/mol. The van der Waals surface area contributed by atoms with Gasteiger partial charge in [0, 0.05) is 50.6 Å². The summed E-state index contributed by atoms with van der Waals surface area (Å²) in [5.74, 6) is 1.41. The van der Waals surface area contributed by atoms with E-state index in [2.05, 4.69) is 27.2 Å². The predicted octanol–water partition coefficient (Wildman–Crippen LogP) is 3.10. The zero-order valence-corrected chi connectivity index (χ0v) is 18.5. The van der Waals surface area contributed by atoms with Gasteiger partial charge in [-0.1, -0.05) is 26.5 Å². The van der Waals surface area contributed by atoms with E-state index in [4.69, 9.17) is 19.1 Å². The van der Waals surface area contributed by atoms with Crippen molar-refractivity contribution in [3.8, 4) is 0 Å². The molecule has 0 fully saturated rings. The molecule has 32 heavy (non-hydrogen) atoms. The zero-order valence-electron chi connectivity index (χ0n) is 16.9. The number of hydrogen-bond donors (Lipinski definition) is 2. The van der Waals surface area contributed by atoms with Crippen LogP contribution in [0.3, 0.4) is 0 Å². The summed E-state index contributed by atoms with van der Waals surface area (Å²) in [6.45, 7) is 3.23. The van der Waals surface area contributed by atoms with Crippen molar-refractivity contribution in [2.45, 2.75) is 33.1 Å². The number of hydrogen-bond acceptors (Lipinski definition) is 8. The summed E-state index contributed by atoms with van der Waals surface area (Å²) in [6.07, 6.45) is 6.27. The highest BCUT2D eigenvalue weighted by atomic mass is 35.5. The van der Waals surface area contributed by atoms with Crippen molar-refractivity contribution in [3.63, 3.8) is 0 Å². The van der Waals surface area contributed by atoms with Gasteiger partial charge in [0.25, 0.3) is 0 Å². The van der Waals surface area contributed by atoms with Crippen molar-refractivity contribution in [1.82, 2.24) is 19.9 Å². The van der Waals surface area contributed by atoms with Gasteiger partial charge >= 0.3 is 11.6 Å². The Morgan fingerprint density at radius 2 is 1.81 bits per heavy atom. The average molecular weight is 483 g/mol. The second kappa shape index (κ2) is 15.9. The van der Waals surface area contributed by atoms with Crippen LogP contribution < -0.4 is 11.1 Å². The second-order valence-electron chi connectivity index (χ2n) is 6.47. The van der Waals surface area contributed by atoms with E-state index < -0.39 is 11.6 Å². The first-order valence-electron chi connectivity index (χ1n) is 9.28. The molecule has 0 aliphatic rings. The van der Waals surface area contributed by atoms with Crippen LogP contribution in [0.1, 0.15) is 43.0 Å². The summed E-state index contributed by atoms with van der Waals surface area (Å²) < 4.78 is 29.7. The number of nitrogens with two attached hydrogens (primary N) is 1. The van der Waals surface area contributed by atoms with Crippen LogP contribution in [0.2, 0.25) is 0 Å². The lowest BCUT2D eigenvalue weighted by molar-refractivity contribution is 0.624. The summed E-state index contributed by atoms with van der Waals surface area (Å²) >= 11 is -0.750. The van der Waals surface area contributed by atoms with Crippen LogP contribution in [0.5, 0.6) is 0 Å². The lowest BCUT2D eigenvalue weighted by atomic mass is 9.97. The molecule has 0 aliphatic heterocycles. The van der Waals surface area contributed by atoms with E-state index in [1.54, 1.807) is 30.7 Å². The van der Waals surface area contributed by atoms with Gasteiger partial charge in [0.05, 0.1) is 11.4 Å². The third kappa shape index (κ3) is 9.99. The second-order valence-corrected chi connectivity index (χ2v) is 6.61. The van der Waals surface area contributed by atoms with Crippen LogP contribution in [-0.4, -0.2) is 41.4 Å². The molecule has 1 atom stereocenters. The Morgan fingerprint density at radius 1 is 1.12 bits per heavy atom. The molecular weight excluding hydrogens is 455 g/mol. The van der Waals surface area contributed by atoms with Gasteiger partial charge in [-0.25, -0.2) is 14.4 Å². The molecule has 11 heteroatoms. The fraction of sp³-hybridized carbons (Fsp3) is 0.333. The molecule has 2 aromatic heterocycles. The van der Waals surface area contributed by atoms with E-state index >= 15 is 0 Å². The van der Waals surface area contributed by atoms with Crippen molar-refractivity contribution in [2.75, 3.05) is 18.4 Å². The maximum Gasteiger partial charge on any atom is 0.335 e. The number of aromatic nitrogens is 4. The minimum absolute atomic E-state index is 0. The highest BCUT2D eigenvalue weighted by molar-refractivity contribution is 7.51. The molecule has 0 saturated carbocycles. The first kappa shape index (κ1) is 29.2. The lowest BCUT2D eigenvalue weighted by Crippen LogP contribution is -2.15. The minimum atomic E-state index is -0.750. The minimum Gasteiger partial charge on any atom is -0.369 e. The van der Waals surface area contributed by atoms with Crippen LogP contribution in [0.4, 0.5) is 10.2 Å². The van der Waals surface area contributed by atoms with Gasteiger partial charge in [-0.3, -0.25) is 9.97 Å². The Kier molecular flexibility index (Phi) is 14.5. The molecule has 0 radical (unpaired) electrons. The summed E-state index contributed by atoms with van der Waals surface area (Å²) in [5.41, 5.74) is 8.35. The van der Waals surface area contributed by atoms with Crippen LogP contribution in [-0.2, 0) is 24.4 Å². The fourth-order valence-electron chi connectivity index (χ4n) is 2.81. The number of benzene rings is 1. The smallest absolute Gasteiger partial charge is 0.335 e. The molecule has 3 aromatic rings. The van der Waals surface area contributed by atoms with Crippen molar-refractivity contribution in [3.05, 3.63) is 77.5 Å². The van der Waals surface area contributed by atoms with Crippen molar-refractivity contribution in [2.24, 2.45) is 5.73 Å². The molecule has 2 heterocycles. The van der Waals surface area contributed by atoms with Crippen LogP contribution >= 0.6 is 12.4 Å². The molecule has 0 aliphatic carbocycles. The fourth-order valence-corrected chi connectivity index (χ4v) is 2.81. The Balaban J connectivity index is 0.00000182. The summed E-state index contributed by atoms with van der Waals surface area (Å²) in [5, 5.41) is 3.22. The maximum absolute atomic E-state index is 13.2. The molecule has 174 valence electrons.